The minimum atomic E-state index is 0.857. The van der Waals surface area contributed by atoms with E-state index in [1.807, 2.05) is 57.1 Å². The topological polar surface area (TPSA) is 48.5 Å². The molecule has 0 aliphatic rings. The van der Waals surface area contributed by atoms with E-state index in [9.17, 15) is 0 Å². The summed E-state index contributed by atoms with van der Waals surface area (Å²) >= 11 is 0. The zero-order valence-electron chi connectivity index (χ0n) is 20.2. The summed E-state index contributed by atoms with van der Waals surface area (Å²) in [5.41, 5.74) is 7.97. The molecule has 0 N–H and O–H groups in total. The van der Waals surface area contributed by atoms with Gasteiger partial charge in [-0.25, -0.2) is 15.0 Å². The van der Waals surface area contributed by atoms with E-state index < -0.39 is 0 Å². The molecule has 0 unspecified atom stereocenters. The molecule has 0 amide bonds. The van der Waals surface area contributed by atoms with Crippen LogP contribution in [0.3, 0.4) is 0 Å². The number of pyridine rings is 1. The van der Waals surface area contributed by atoms with Crippen molar-refractivity contribution in [1.82, 2.24) is 24.1 Å². The van der Waals surface area contributed by atoms with Crippen molar-refractivity contribution in [1.29, 1.82) is 0 Å². The van der Waals surface area contributed by atoms with Crippen molar-refractivity contribution in [3.8, 4) is 56.4 Å². The summed E-state index contributed by atoms with van der Waals surface area (Å²) in [5, 5.41) is 0. The molecule has 0 bridgehead atoms. The Morgan fingerprint density at radius 2 is 0.861 bits per heavy atom. The Hall–Kier alpha value is -4.77. The highest BCUT2D eigenvalue weighted by Crippen LogP contribution is 2.47. The summed E-state index contributed by atoms with van der Waals surface area (Å²) in [4.78, 5) is 15.0. The fourth-order valence-electron chi connectivity index (χ4n) is 4.74. The van der Waals surface area contributed by atoms with Gasteiger partial charge >= 0.3 is 0 Å². The molecule has 5 heteroatoms. The molecule has 3 aromatic carbocycles. The summed E-state index contributed by atoms with van der Waals surface area (Å²) < 4.78 is 4.11. The molecule has 5 nitrogen and oxygen atoms in total. The molecule has 0 saturated heterocycles. The number of benzene rings is 3. The van der Waals surface area contributed by atoms with Gasteiger partial charge in [-0.15, -0.1) is 0 Å². The monoisotopic (exact) mass is 467 g/mol. The van der Waals surface area contributed by atoms with Crippen molar-refractivity contribution in [2.75, 3.05) is 0 Å². The highest BCUT2D eigenvalue weighted by atomic mass is 15.1. The van der Waals surface area contributed by atoms with Crippen LogP contribution < -0.4 is 0 Å². The quantitative estimate of drug-likeness (QED) is 0.278. The van der Waals surface area contributed by atoms with Crippen LogP contribution in [0.15, 0.2) is 116 Å². The van der Waals surface area contributed by atoms with Crippen LogP contribution in [0.4, 0.5) is 0 Å². The summed E-state index contributed by atoms with van der Waals surface area (Å²) in [7, 11) is 4.05. The van der Waals surface area contributed by atoms with E-state index in [1.54, 1.807) is 0 Å². The Labute approximate surface area is 210 Å². The lowest BCUT2D eigenvalue weighted by atomic mass is 9.87. The Kier molecular flexibility index (Phi) is 5.51. The lowest BCUT2D eigenvalue weighted by Gasteiger charge is -2.22. The van der Waals surface area contributed by atoms with Crippen molar-refractivity contribution in [3.63, 3.8) is 0 Å². The van der Waals surface area contributed by atoms with Gasteiger partial charge in [0, 0.05) is 55.6 Å². The van der Waals surface area contributed by atoms with E-state index in [4.69, 9.17) is 15.0 Å². The fraction of sp³-hybridized carbons (Fsp3) is 0.0645. The smallest absolute Gasteiger partial charge is 0.142 e. The molecule has 3 aromatic heterocycles. The molecule has 0 aliphatic heterocycles. The third-order valence-corrected chi connectivity index (χ3v) is 6.44. The summed E-state index contributed by atoms with van der Waals surface area (Å²) in [6.07, 6.45) is 7.63. The Morgan fingerprint density at radius 3 is 1.22 bits per heavy atom. The first-order valence-corrected chi connectivity index (χ1v) is 11.9. The predicted molar refractivity (Wildman–Crippen MR) is 145 cm³/mol. The fourth-order valence-corrected chi connectivity index (χ4v) is 4.74. The van der Waals surface area contributed by atoms with Gasteiger partial charge in [0.25, 0.3) is 0 Å². The van der Waals surface area contributed by atoms with Crippen molar-refractivity contribution in [3.05, 3.63) is 116 Å². The van der Waals surface area contributed by atoms with Crippen LogP contribution in [-0.4, -0.2) is 24.1 Å². The van der Waals surface area contributed by atoms with Crippen LogP contribution in [0.2, 0.25) is 0 Å². The number of imidazole rings is 2. The average Bonchev–Trinajstić information content (AvgIpc) is 3.56. The molecular weight excluding hydrogens is 442 g/mol. The van der Waals surface area contributed by atoms with E-state index in [1.165, 1.54) is 0 Å². The standard InChI is InChI=1S/C31H25N5/c1-35-20-18-32-30(35)26-25(22-12-6-3-7-13-22)27(31-33-19-21-36(31)2)29(24-16-10-5-11-17-24)34-28(26)23-14-8-4-9-15-23/h3-21H,1-2H3. The van der Waals surface area contributed by atoms with E-state index >= 15 is 0 Å². The number of hydrogen-bond donors (Lipinski definition) is 0. The molecular formula is C31H25N5. The highest BCUT2D eigenvalue weighted by Gasteiger charge is 2.28. The highest BCUT2D eigenvalue weighted by molar-refractivity contribution is 6.02. The first-order chi connectivity index (χ1) is 17.7. The number of rotatable bonds is 5. The van der Waals surface area contributed by atoms with Crippen LogP contribution in [0, 0.1) is 0 Å². The second kappa shape index (κ2) is 9.12. The molecule has 0 spiro atoms. The third-order valence-electron chi connectivity index (χ3n) is 6.44. The lowest BCUT2D eigenvalue weighted by molar-refractivity contribution is 0.919. The molecule has 3 heterocycles. The maximum Gasteiger partial charge on any atom is 0.142 e. The Balaban J connectivity index is 1.86. The lowest BCUT2D eigenvalue weighted by Crippen LogP contribution is -2.06. The van der Waals surface area contributed by atoms with Crippen LogP contribution in [0.1, 0.15) is 0 Å². The summed E-state index contributed by atoms with van der Waals surface area (Å²) in [6, 6.07) is 31.2. The second-order valence-electron chi connectivity index (χ2n) is 8.76. The maximum absolute atomic E-state index is 5.39. The number of aryl methyl sites for hydroxylation is 2. The minimum absolute atomic E-state index is 0.857. The van der Waals surface area contributed by atoms with Gasteiger partial charge in [0.05, 0.1) is 22.5 Å². The van der Waals surface area contributed by atoms with Gasteiger partial charge in [-0.2, -0.15) is 0 Å². The molecule has 0 aliphatic carbocycles. The third kappa shape index (κ3) is 3.71. The van der Waals surface area contributed by atoms with Crippen molar-refractivity contribution >= 4 is 0 Å². The van der Waals surface area contributed by atoms with Gasteiger partial charge in [0.2, 0.25) is 0 Å². The first kappa shape index (κ1) is 21.7. The predicted octanol–water partition coefficient (Wildman–Crippen LogP) is 6.88. The van der Waals surface area contributed by atoms with Crippen LogP contribution in [0.5, 0.6) is 0 Å². The second-order valence-corrected chi connectivity index (χ2v) is 8.76. The zero-order valence-corrected chi connectivity index (χ0v) is 20.2. The molecule has 174 valence electrons. The van der Waals surface area contributed by atoms with Crippen molar-refractivity contribution < 1.29 is 0 Å². The maximum atomic E-state index is 5.39. The molecule has 0 atom stereocenters. The minimum Gasteiger partial charge on any atom is -0.334 e. The van der Waals surface area contributed by atoms with Crippen LogP contribution in [0.25, 0.3) is 56.4 Å². The molecule has 6 aromatic rings. The van der Waals surface area contributed by atoms with E-state index in [0.29, 0.717) is 0 Å². The molecule has 0 radical (unpaired) electrons. The number of aromatic nitrogens is 5. The number of hydrogen-bond acceptors (Lipinski definition) is 3. The van der Waals surface area contributed by atoms with Gasteiger partial charge in [-0.3, -0.25) is 0 Å². The first-order valence-electron chi connectivity index (χ1n) is 11.9. The molecule has 36 heavy (non-hydrogen) atoms. The molecule has 0 fully saturated rings. The largest absolute Gasteiger partial charge is 0.334 e. The van der Waals surface area contributed by atoms with E-state index in [2.05, 4.69) is 81.9 Å². The number of nitrogens with zero attached hydrogens (tertiary/aromatic N) is 5. The van der Waals surface area contributed by atoms with Crippen molar-refractivity contribution in [2.24, 2.45) is 14.1 Å². The zero-order chi connectivity index (χ0) is 24.5. The van der Waals surface area contributed by atoms with Gasteiger partial charge in [-0.05, 0) is 5.56 Å². The van der Waals surface area contributed by atoms with Gasteiger partial charge < -0.3 is 9.13 Å². The Bertz CT molecular complexity index is 1530. The normalized spacial score (nSPS) is 11.1. The molecule has 0 saturated carbocycles. The summed E-state index contributed by atoms with van der Waals surface area (Å²) in [5.74, 6) is 1.71. The van der Waals surface area contributed by atoms with Gasteiger partial charge in [0.15, 0.2) is 0 Å². The van der Waals surface area contributed by atoms with E-state index in [0.717, 1.165) is 56.4 Å². The van der Waals surface area contributed by atoms with Crippen LogP contribution in [-0.2, 0) is 14.1 Å². The SMILES string of the molecule is Cn1ccnc1-c1c(-c2ccccc2)nc(-c2ccccc2)c(-c2nccn2C)c1-c1ccccc1. The summed E-state index contributed by atoms with van der Waals surface area (Å²) in [6.45, 7) is 0. The van der Waals surface area contributed by atoms with Crippen molar-refractivity contribution in [2.45, 2.75) is 0 Å². The van der Waals surface area contributed by atoms with Crippen LogP contribution >= 0.6 is 0 Å². The molecule has 6 rings (SSSR count). The Morgan fingerprint density at radius 1 is 0.472 bits per heavy atom. The average molecular weight is 468 g/mol. The van der Waals surface area contributed by atoms with Gasteiger partial charge in [-0.1, -0.05) is 91.0 Å². The van der Waals surface area contributed by atoms with E-state index in [-0.39, 0.29) is 0 Å². The van der Waals surface area contributed by atoms with Gasteiger partial charge in [0.1, 0.15) is 11.6 Å².